The predicted octanol–water partition coefficient (Wildman–Crippen LogP) is 3.05. The minimum absolute atomic E-state index is 0.0435. The molecule has 0 aliphatic rings. The minimum atomic E-state index is -0.747. The van der Waals surface area contributed by atoms with E-state index in [0.29, 0.717) is 6.61 Å². The smallest absolute Gasteiger partial charge is 0.341 e. The second kappa shape index (κ2) is 5.70. The Balaban J connectivity index is 3.13. The Bertz CT molecular complexity index is 393. The summed E-state index contributed by atoms with van der Waals surface area (Å²) < 4.78 is 23.5. The second-order valence-electron chi connectivity index (χ2n) is 2.92. The number of carbonyl (C=O) groups excluding carboxylic acids is 1. The highest BCUT2D eigenvalue weighted by Gasteiger charge is 2.18. The van der Waals surface area contributed by atoms with Crippen LogP contribution in [-0.2, 0) is 4.74 Å². The molecule has 0 atom stereocenters. The zero-order valence-electron chi connectivity index (χ0n) is 9.05. The highest BCUT2D eigenvalue weighted by molar-refractivity contribution is 6.31. The van der Waals surface area contributed by atoms with Crippen LogP contribution < -0.4 is 4.74 Å². The Morgan fingerprint density at radius 3 is 2.62 bits per heavy atom. The van der Waals surface area contributed by atoms with Gasteiger partial charge in [0.25, 0.3) is 0 Å². The third-order valence-electron chi connectivity index (χ3n) is 1.80. The molecule has 1 aromatic rings. The van der Waals surface area contributed by atoms with E-state index in [2.05, 4.69) is 0 Å². The van der Waals surface area contributed by atoms with Crippen LogP contribution in [-0.4, -0.2) is 19.2 Å². The number of hydrogen-bond donors (Lipinski definition) is 0. The summed E-state index contributed by atoms with van der Waals surface area (Å²) in [7, 11) is 0. The molecule has 1 rings (SSSR count). The molecule has 0 bridgehead atoms. The van der Waals surface area contributed by atoms with E-state index in [1.807, 2.05) is 0 Å². The Kier molecular flexibility index (Phi) is 4.55. The maximum atomic E-state index is 13.7. The maximum Gasteiger partial charge on any atom is 0.341 e. The molecule has 0 fully saturated rings. The first kappa shape index (κ1) is 12.8. The molecule has 0 unspecified atom stereocenters. The number of benzene rings is 1. The van der Waals surface area contributed by atoms with Gasteiger partial charge in [-0.1, -0.05) is 11.6 Å². The summed E-state index contributed by atoms with van der Waals surface area (Å²) in [6.07, 6.45) is 0. The summed E-state index contributed by atoms with van der Waals surface area (Å²) in [4.78, 5) is 11.4. The number of ether oxygens (including phenoxy) is 2. The van der Waals surface area contributed by atoms with E-state index < -0.39 is 11.8 Å². The van der Waals surface area contributed by atoms with Gasteiger partial charge in [0.15, 0.2) is 11.6 Å². The Labute approximate surface area is 98.1 Å². The van der Waals surface area contributed by atoms with Crippen LogP contribution in [0.3, 0.4) is 0 Å². The molecule has 0 aliphatic carbocycles. The van der Waals surface area contributed by atoms with Crippen LogP contribution in [0, 0.1) is 5.82 Å². The van der Waals surface area contributed by atoms with Gasteiger partial charge in [-0.25, -0.2) is 9.18 Å². The molecule has 0 aliphatic heterocycles. The van der Waals surface area contributed by atoms with Crippen molar-refractivity contribution in [1.29, 1.82) is 0 Å². The molecular weight excluding hydrogens is 235 g/mol. The van der Waals surface area contributed by atoms with Crippen molar-refractivity contribution in [2.24, 2.45) is 0 Å². The molecule has 0 saturated heterocycles. The van der Waals surface area contributed by atoms with Crippen LogP contribution in [0.25, 0.3) is 0 Å². The molecule has 0 radical (unpaired) electrons. The Hall–Kier alpha value is -1.29. The second-order valence-corrected chi connectivity index (χ2v) is 3.36. The summed E-state index contributed by atoms with van der Waals surface area (Å²) in [6.45, 7) is 3.82. The lowest BCUT2D eigenvalue weighted by Gasteiger charge is -2.09. The van der Waals surface area contributed by atoms with Crippen LogP contribution in [0.1, 0.15) is 24.2 Å². The number of esters is 1. The molecule has 16 heavy (non-hydrogen) atoms. The molecule has 3 nitrogen and oxygen atoms in total. The Morgan fingerprint density at radius 1 is 1.38 bits per heavy atom. The molecule has 0 amide bonds. The van der Waals surface area contributed by atoms with Gasteiger partial charge in [0, 0.05) is 11.1 Å². The van der Waals surface area contributed by atoms with Crippen molar-refractivity contribution < 1.29 is 18.7 Å². The molecule has 0 spiro atoms. The molecule has 0 saturated carbocycles. The molecule has 0 heterocycles. The van der Waals surface area contributed by atoms with Gasteiger partial charge >= 0.3 is 5.97 Å². The molecule has 0 N–H and O–H groups in total. The fourth-order valence-corrected chi connectivity index (χ4v) is 1.39. The van der Waals surface area contributed by atoms with Crippen LogP contribution in [0.2, 0.25) is 5.02 Å². The quantitative estimate of drug-likeness (QED) is 0.766. The van der Waals surface area contributed by atoms with Crippen molar-refractivity contribution in [2.75, 3.05) is 13.2 Å². The summed E-state index contributed by atoms with van der Waals surface area (Å²) in [5, 5.41) is 0.230. The van der Waals surface area contributed by atoms with Crippen LogP contribution in [0.5, 0.6) is 5.75 Å². The van der Waals surface area contributed by atoms with Gasteiger partial charge in [0.1, 0.15) is 5.56 Å². The normalized spacial score (nSPS) is 10.0. The summed E-state index contributed by atoms with van der Waals surface area (Å²) >= 11 is 5.75. The first-order chi connectivity index (χ1) is 7.60. The average Bonchev–Trinajstić information content (AvgIpc) is 2.23. The van der Waals surface area contributed by atoms with E-state index in [4.69, 9.17) is 21.1 Å². The third kappa shape index (κ3) is 2.85. The standard InChI is InChI=1S/C11H12ClFO3/c1-3-15-9-6-7(12)5-8(10(9)13)11(14)16-4-2/h5-6H,3-4H2,1-2H3. The molecule has 5 heteroatoms. The lowest BCUT2D eigenvalue weighted by atomic mass is 10.2. The van der Waals surface area contributed by atoms with E-state index in [1.165, 1.54) is 12.1 Å². The summed E-state index contributed by atoms with van der Waals surface area (Å²) in [5.41, 5.74) is -0.210. The van der Waals surface area contributed by atoms with Gasteiger partial charge in [-0.15, -0.1) is 0 Å². The number of carbonyl (C=O) groups is 1. The molecule has 0 aromatic heterocycles. The van der Waals surface area contributed by atoms with Gasteiger partial charge in [-0.05, 0) is 19.9 Å². The lowest BCUT2D eigenvalue weighted by molar-refractivity contribution is 0.0520. The van der Waals surface area contributed by atoms with Gasteiger partial charge in [0.2, 0.25) is 0 Å². The van der Waals surface area contributed by atoms with E-state index in [-0.39, 0.29) is 22.9 Å². The largest absolute Gasteiger partial charge is 0.491 e. The maximum absolute atomic E-state index is 13.7. The van der Waals surface area contributed by atoms with Gasteiger partial charge < -0.3 is 9.47 Å². The number of rotatable bonds is 4. The van der Waals surface area contributed by atoms with E-state index in [9.17, 15) is 9.18 Å². The van der Waals surface area contributed by atoms with Gasteiger partial charge in [-0.2, -0.15) is 0 Å². The molecule has 1 aromatic carbocycles. The monoisotopic (exact) mass is 246 g/mol. The van der Waals surface area contributed by atoms with Crippen molar-refractivity contribution in [1.82, 2.24) is 0 Å². The van der Waals surface area contributed by atoms with Crippen LogP contribution in [0.15, 0.2) is 12.1 Å². The summed E-state index contributed by atoms with van der Waals surface area (Å²) in [5.74, 6) is -1.54. The van der Waals surface area contributed by atoms with E-state index >= 15 is 0 Å². The van der Waals surface area contributed by atoms with Crippen molar-refractivity contribution in [3.63, 3.8) is 0 Å². The van der Waals surface area contributed by atoms with E-state index in [0.717, 1.165) is 0 Å². The minimum Gasteiger partial charge on any atom is -0.491 e. The highest BCUT2D eigenvalue weighted by atomic mass is 35.5. The van der Waals surface area contributed by atoms with E-state index in [1.54, 1.807) is 13.8 Å². The van der Waals surface area contributed by atoms with Crippen LogP contribution >= 0.6 is 11.6 Å². The van der Waals surface area contributed by atoms with Crippen molar-refractivity contribution in [3.8, 4) is 5.75 Å². The first-order valence-electron chi connectivity index (χ1n) is 4.89. The average molecular weight is 247 g/mol. The summed E-state index contributed by atoms with van der Waals surface area (Å²) in [6, 6.07) is 2.54. The third-order valence-corrected chi connectivity index (χ3v) is 2.02. The van der Waals surface area contributed by atoms with Crippen molar-refractivity contribution >= 4 is 17.6 Å². The number of hydrogen-bond acceptors (Lipinski definition) is 3. The SMILES string of the molecule is CCOC(=O)c1cc(Cl)cc(OCC)c1F. The fraction of sp³-hybridized carbons (Fsp3) is 0.364. The van der Waals surface area contributed by atoms with Crippen molar-refractivity contribution in [2.45, 2.75) is 13.8 Å². The zero-order chi connectivity index (χ0) is 12.1. The van der Waals surface area contributed by atoms with Crippen molar-refractivity contribution in [3.05, 3.63) is 28.5 Å². The first-order valence-corrected chi connectivity index (χ1v) is 5.26. The topological polar surface area (TPSA) is 35.5 Å². The van der Waals surface area contributed by atoms with Crippen LogP contribution in [0.4, 0.5) is 4.39 Å². The van der Waals surface area contributed by atoms with Gasteiger partial charge in [0.05, 0.1) is 13.2 Å². The fourth-order valence-electron chi connectivity index (χ4n) is 1.18. The highest BCUT2D eigenvalue weighted by Crippen LogP contribution is 2.26. The number of halogens is 2. The lowest BCUT2D eigenvalue weighted by Crippen LogP contribution is -2.08. The molecule has 88 valence electrons. The molecular formula is C11H12ClFO3. The van der Waals surface area contributed by atoms with Gasteiger partial charge in [-0.3, -0.25) is 0 Å². The Morgan fingerprint density at radius 2 is 2.06 bits per heavy atom. The predicted molar refractivity (Wildman–Crippen MR) is 58.5 cm³/mol. The zero-order valence-corrected chi connectivity index (χ0v) is 9.81.